The van der Waals surface area contributed by atoms with Crippen molar-refractivity contribution in [3.8, 4) is 27.8 Å². The standard InChI is InChI=1S/C30H23N5O6S/c1-39-24-15-13-20(16-25(24)40-2)29(38)41-23-14-12-18-8-6-7-11-21(18)22(23)17-31-33-27(37)26(36)32-30-35-34-28(42-30)19-9-4-3-5-10-19/h3-17H,1-2H3,(H,33,37)(H,32,35,36)/b31-17+. The number of anilines is 1. The first-order valence-electron chi connectivity index (χ1n) is 12.5. The van der Waals surface area contributed by atoms with Crippen molar-refractivity contribution in [1.29, 1.82) is 0 Å². The van der Waals surface area contributed by atoms with Crippen LogP contribution < -0.4 is 25.0 Å². The van der Waals surface area contributed by atoms with E-state index in [0.717, 1.165) is 22.3 Å². The first kappa shape index (κ1) is 27.9. The van der Waals surface area contributed by atoms with Gasteiger partial charge in [-0.2, -0.15) is 5.10 Å². The first-order chi connectivity index (χ1) is 20.5. The number of esters is 1. The summed E-state index contributed by atoms with van der Waals surface area (Å²) in [6, 6.07) is 24.8. The van der Waals surface area contributed by atoms with Gasteiger partial charge in [-0.1, -0.05) is 72.0 Å². The average Bonchev–Trinajstić information content (AvgIpc) is 3.50. The number of nitrogens with zero attached hydrogens (tertiary/aromatic N) is 3. The molecular formula is C30H23N5O6S. The van der Waals surface area contributed by atoms with E-state index in [1.54, 1.807) is 24.3 Å². The SMILES string of the molecule is COc1ccc(C(=O)Oc2ccc3ccccc3c2/C=N/NC(=O)C(=O)Nc2nnc(-c3ccccc3)s2)cc1OC. The molecule has 0 aliphatic rings. The van der Waals surface area contributed by atoms with Gasteiger partial charge in [0, 0.05) is 11.1 Å². The third-order valence-electron chi connectivity index (χ3n) is 5.98. The summed E-state index contributed by atoms with van der Waals surface area (Å²) in [6.07, 6.45) is 1.31. The summed E-state index contributed by atoms with van der Waals surface area (Å²) in [5.74, 6) is -1.60. The van der Waals surface area contributed by atoms with E-state index in [1.165, 1.54) is 26.5 Å². The van der Waals surface area contributed by atoms with E-state index < -0.39 is 17.8 Å². The summed E-state index contributed by atoms with van der Waals surface area (Å²) in [5, 5.41) is 16.6. The number of nitrogens with one attached hydrogen (secondary N) is 2. The summed E-state index contributed by atoms with van der Waals surface area (Å²) in [6.45, 7) is 0. The van der Waals surface area contributed by atoms with E-state index in [0.29, 0.717) is 27.5 Å². The molecule has 0 aliphatic heterocycles. The molecular weight excluding hydrogens is 558 g/mol. The molecule has 0 spiro atoms. The van der Waals surface area contributed by atoms with E-state index in [9.17, 15) is 14.4 Å². The second-order valence-electron chi connectivity index (χ2n) is 8.59. The van der Waals surface area contributed by atoms with Gasteiger partial charge in [-0.15, -0.1) is 10.2 Å². The highest BCUT2D eigenvalue weighted by atomic mass is 32.1. The van der Waals surface area contributed by atoms with Crippen molar-refractivity contribution in [3.63, 3.8) is 0 Å². The molecule has 4 aromatic carbocycles. The van der Waals surface area contributed by atoms with Gasteiger partial charge >= 0.3 is 17.8 Å². The van der Waals surface area contributed by atoms with Crippen LogP contribution in [0, 0.1) is 0 Å². The minimum atomic E-state index is -1.02. The van der Waals surface area contributed by atoms with E-state index in [1.807, 2.05) is 54.6 Å². The minimum absolute atomic E-state index is 0.163. The van der Waals surface area contributed by atoms with Crippen LogP contribution in [0.1, 0.15) is 15.9 Å². The Bertz CT molecular complexity index is 1810. The van der Waals surface area contributed by atoms with Crippen LogP contribution in [0.5, 0.6) is 17.2 Å². The highest BCUT2D eigenvalue weighted by molar-refractivity contribution is 7.18. The van der Waals surface area contributed by atoms with Gasteiger partial charge in [-0.25, -0.2) is 10.2 Å². The number of amides is 2. The van der Waals surface area contributed by atoms with Gasteiger partial charge < -0.3 is 14.2 Å². The van der Waals surface area contributed by atoms with Crippen LogP contribution in [-0.4, -0.2) is 48.4 Å². The van der Waals surface area contributed by atoms with Crippen LogP contribution in [0.4, 0.5) is 5.13 Å². The summed E-state index contributed by atoms with van der Waals surface area (Å²) in [5.41, 5.74) is 3.69. The third-order valence-corrected chi connectivity index (χ3v) is 6.87. The molecule has 0 aliphatic carbocycles. The molecule has 12 heteroatoms. The number of rotatable bonds is 8. The molecule has 2 amide bonds. The number of benzene rings is 4. The molecule has 5 aromatic rings. The van der Waals surface area contributed by atoms with Gasteiger partial charge in [0.2, 0.25) is 5.13 Å². The molecule has 42 heavy (non-hydrogen) atoms. The molecule has 210 valence electrons. The number of hydrogen-bond donors (Lipinski definition) is 2. The van der Waals surface area contributed by atoms with Gasteiger partial charge in [0.1, 0.15) is 10.8 Å². The van der Waals surface area contributed by atoms with Crippen LogP contribution in [-0.2, 0) is 9.59 Å². The van der Waals surface area contributed by atoms with Gasteiger partial charge in [0.25, 0.3) is 0 Å². The molecule has 2 N–H and O–H groups in total. The second-order valence-corrected chi connectivity index (χ2v) is 9.57. The van der Waals surface area contributed by atoms with Crippen molar-refractivity contribution in [2.75, 3.05) is 19.5 Å². The number of carbonyl (C=O) groups is 3. The Morgan fingerprint density at radius 3 is 2.33 bits per heavy atom. The zero-order chi connectivity index (χ0) is 29.5. The number of methoxy groups -OCH3 is 2. The van der Waals surface area contributed by atoms with Crippen molar-refractivity contribution in [3.05, 3.63) is 96.1 Å². The number of aromatic nitrogens is 2. The molecule has 0 fully saturated rings. The number of carbonyl (C=O) groups excluding carboxylic acids is 3. The van der Waals surface area contributed by atoms with Crippen molar-refractivity contribution >= 4 is 51.2 Å². The van der Waals surface area contributed by atoms with E-state index in [4.69, 9.17) is 14.2 Å². The molecule has 0 atom stereocenters. The van der Waals surface area contributed by atoms with Crippen LogP contribution in [0.2, 0.25) is 0 Å². The molecule has 5 rings (SSSR count). The van der Waals surface area contributed by atoms with Gasteiger partial charge in [0.15, 0.2) is 11.5 Å². The molecule has 0 unspecified atom stereocenters. The van der Waals surface area contributed by atoms with E-state index in [-0.39, 0.29) is 16.4 Å². The van der Waals surface area contributed by atoms with E-state index >= 15 is 0 Å². The normalized spacial score (nSPS) is 10.8. The lowest BCUT2D eigenvalue weighted by atomic mass is 10.0. The smallest absolute Gasteiger partial charge is 0.343 e. The van der Waals surface area contributed by atoms with Crippen LogP contribution in [0.25, 0.3) is 21.3 Å². The van der Waals surface area contributed by atoms with Gasteiger partial charge in [-0.3, -0.25) is 14.9 Å². The number of hydrazone groups is 1. The zero-order valence-corrected chi connectivity index (χ0v) is 23.2. The fourth-order valence-electron chi connectivity index (χ4n) is 3.95. The summed E-state index contributed by atoms with van der Waals surface area (Å²) < 4.78 is 16.2. The summed E-state index contributed by atoms with van der Waals surface area (Å²) in [7, 11) is 2.96. The Morgan fingerprint density at radius 2 is 1.55 bits per heavy atom. The Hall–Kier alpha value is -5.62. The van der Waals surface area contributed by atoms with E-state index in [2.05, 4.69) is 26.0 Å². The monoisotopic (exact) mass is 581 g/mol. The zero-order valence-electron chi connectivity index (χ0n) is 22.4. The van der Waals surface area contributed by atoms with Crippen LogP contribution >= 0.6 is 11.3 Å². The molecule has 0 bridgehead atoms. The van der Waals surface area contributed by atoms with Crippen LogP contribution in [0.3, 0.4) is 0 Å². The molecule has 1 heterocycles. The molecule has 0 saturated heterocycles. The lowest BCUT2D eigenvalue weighted by molar-refractivity contribution is -0.136. The minimum Gasteiger partial charge on any atom is -0.493 e. The van der Waals surface area contributed by atoms with Gasteiger partial charge in [-0.05, 0) is 35.0 Å². The first-order valence-corrected chi connectivity index (χ1v) is 13.3. The molecule has 0 radical (unpaired) electrons. The lowest BCUT2D eigenvalue weighted by Gasteiger charge is -2.12. The number of fused-ring (bicyclic) bond motifs is 1. The maximum absolute atomic E-state index is 13.0. The Kier molecular flexibility index (Phi) is 8.45. The van der Waals surface area contributed by atoms with Crippen molar-refractivity contribution in [2.45, 2.75) is 0 Å². The number of ether oxygens (including phenoxy) is 3. The predicted octanol–water partition coefficient (Wildman–Crippen LogP) is 4.68. The second kappa shape index (κ2) is 12.7. The molecule has 0 saturated carbocycles. The van der Waals surface area contributed by atoms with Gasteiger partial charge in [0.05, 0.1) is 26.0 Å². The van der Waals surface area contributed by atoms with Crippen molar-refractivity contribution < 1.29 is 28.6 Å². The summed E-state index contributed by atoms with van der Waals surface area (Å²) >= 11 is 1.13. The topological polar surface area (TPSA) is 141 Å². The van der Waals surface area contributed by atoms with Crippen molar-refractivity contribution in [1.82, 2.24) is 15.6 Å². The Labute approximate surface area is 243 Å². The average molecular weight is 582 g/mol. The maximum Gasteiger partial charge on any atom is 0.343 e. The fraction of sp³-hybridized carbons (Fsp3) is 0.0667. The summed E-state index contributed by atoms with van der Waals surface area (Å²) in [4.78, 5) is 37.9. The van der Waals surface area contributed by atoms with Crippen LogP contribution in [0.15, 0.2) is 90.0 Å². The highest BCUT2D eigenvalue weighted by Gasteiger charge is 2.18. The predicted molar refractivity (Wildman–Crippen MR) is 158 cm³/mol. The number of hydrogen-bond acceptors (Lipinski definition) is 10. The largest absolute Gasteiger partial charge is 0.493 e. The Balaban J connectivity index is 1.31. The van der Waals surface area contributed by atoms with Crippen molar-refractivity contribution in [2.24, 2.45) is 5.10 Å². The highest BCUT2D eigenvalue weighted by Crippen LogP contribution is 2.30. The maximum atomic E-state index is 13.0. The molecule has 11 nitrogen and oxygen atoms in total. The third kappa shape index (κ3) is 6.24. The molecule has 1 aromatic heterocycles. The lowest BCUT2D eigenvalue weighted by Crippen LogP contribution is -2.32. The fourth-order valence-corrected chi connectivity index (χ4v) is 4.70. The Morgan fingerprint density at radius 1 is 0.810 bits per heavy atom. The quantitative estimate of drug-likeness (QED) is 0.0885.